The van der Waals surface area contributed by atoms with E-state index >= 15 is 0 Å². The van der Waals surface area contributed by atoms with Crippen molar-refractivity contribution in [2.45, 2.75) is 12.5 Å². The number of carboxylic acids is 1. The lowest BCUT2D eigenvalue weighted by Crippen LogP contribution is -2.32. The topological polar surface area (TPSA) is 160 Å². The summed E-state index contributed by atoms with van der Waals surface area (Å²) in [6.07, 6.45) is 0.251. The molecule has 0 fully saturated rings. The van der Waals surface area contributed by atoms with Crippen LogP contribution in [-0.4, -0.2) is 77.5 Å². The Morgan fingerprint density at radius 1 is 0.698 bits per heavy atom. The Morgan fingerprint density at radius 3 is 1.95 bits per heavy atom. The van der Waals surface area contributed by atoms with Crippen LogP contribution in [0.25, 0.3) is 0 Å². The number of nitrogens with one attached hydrogen (secondary N) is 4. The molecule has 0 aliphatic rings. The number of hydrogen-bond donors (Lipinski definition) is 5. The molecule has 0 aliphatic heterocycles. The Kier molecular flexibility index (Phi) is 12.2. The highest BCUT2D eigenvalue weighted by Crippen LogP contribution is 2.17. The summed E-state index contributed by atoms with van der Waals surface area (Å²) < 4.78 is 11.1. The lowest BCUT2D eigenvalue weighted by atomic mass is 10.1. The number of carbonyl (C=O) groups excluding carboxylic acids is 1. The number of rotatable bonds is 18. The predicted molar refractivity (Wildman–Crippen MR) is 164 cm³/mol. The maximum atomic E-state index is 12.0. The van der Waals surface area contributed by atoms with Crippen LogP contribution in [0.5, 0.6) is 0 Å². The Labute approximate surface area is 249 Å². The molecule has 0 unspecified atom stereocenters. The van der Waals surface area contributed by atoms with Crippen LogP contribution < -0.4 is 21.3 Å². The number of amides is 1. The molecule has 0 radical (unpaired) electrons. The summed E-state index contributed by atoms with van der Waals surface area (Å²) in [5, 5.41) is 21.8. The van der Waals surface area contributed by atoms with Gasteiger partial charge in [-0.25, -0.2) is 4.79 Å². The maximum Gasteiger partial charge on any atom is 0.326 e. The van der Waals surface area contributed by atoms with Crippen LogP contribution >= 0.6 is 0 Å². The summed E-state index contributed by atoms with van der Waals surface area (Å²) >= 11 is 0. The van der Waals surface area contributed by atoms with Gasteiger partial charge in [0.05, 0.1) is 26.4 Å². The second-order valence-corrected chi connectivity index (χ2v) is 9.30. The summed E-state index contributed by atoms with van der Waals surface area (Å²) in [5.74, 6) is -0.531. The number of aromatic nitrogens is 3. The van der Waals surface area contributed by atoms with Crippen LogP contribution in [0.3, 0.4) is 0 Å². The molecule has 0 bridgehead atoms. The zero-order valence-corrected chi connectivity index (χ0v) is 23.6. The minimum atomic E-state index is -1.02. The Balaban J connectivity index is 1.23. The highest BCUT2D eigenvalue weighted by Gasteiger charge is 2.20. The first-order valence-electron chi connectivity index (χ1n) is 13.9. The predicted octanol–water partition coefficient (Wildman–Crippen LogP) is 3.60. The van der Waals surface area contributed by atoms with Crippen LogP contribution in [0.1, 0.15) is 15.9 Å². The summed E-state index contributed by atoms with van der Waals surface area (Å²) in [5.41, 5.74) is 2.25. The van der Waals surface area contributed by atoms with E-state index in [9.17, 15) is 14.7 Å². The van der Waals surface area contributed by atoms with E-state index in [0.717, 1.165) is 11.3 Å². The van der Waals surface area contributed by atoms with Crippen LogP contribution in [0, 0.1) is 0 Å². The molecule has 0 spiro atoms. The van der Waals surface area contributed by atoms with Crippen LogP contribution in [0.2, 0.25) is 0 Å². The van der Waals surface area contributed by atoms with Gasteiger partial charge in [-0.1, -0.05) is 66.7 Å². The molecule has 0 aliphatic carbocycles. The fourth-order valence-corrected chi connectivity index (χ4v) is 3.92. The minimum Gasteiger partial charge on any atom is -0.480 e. The highest BCUT2D eigenvalue weighted by atomic mass is 16.5. The molecule has 1 heterocycles. The van der Waals surface area contributed by atoms with Crippen molar-refractivity contribution in [3.63, 3.8) is 0 Å². The average molecular weight is 586 g/mol. The fourth-order valence-electron chi connectivity index (χ4n) is 3.92. The fraction of sp³-hybridized carbons (Fsp3) is 0.258. The van der Waals surface area contributed by atoms with Gasteiger partial charge in [0.25, 0.3) is 5.91 Å². The van der Waals surface area contributed by atoms with E-state index in [4.69, 9.17) is 9.47 Å². The lowest BCUT2D eigenvalue weighted by molar-refractivity contribution is -0.137. The molecular formula is C31H35N7O5. The van der Waals surface area contributed by atoms with Crippen molar-refractivity contribution in [2.75, 3.05) is 55.5 Å². The van der Waals surface area contributed by atoms with E-state index in [1.54, 1.807) is 12.1 Å². The highest BCUT2D eigenvalue weighted by molar-refractivity contribution is 5.94. The van der Waals surface area contributed by atoms with Crippen molar-refractivity contribution in [3.8, 4) is 0 Å². The van der Waals surface area contributed by atoms with Gasteiger partial charge in [-0.2, -0.15) is 15.0 Å². The second kappa shape index (κ2) is 17.0. The number of nitrogens with zero attached hydrogens (tertiary/aromatic N) is 3. The standard InChI is InChI=1S/C31H35N7O5/c39-27(24-12-6-2-7-13-24)32-16-18-42-20-21-43-19-17-33-29-36-30(34-25-14-8-3-9-15-25)38-31(37-29)35-26(28(40)41)22-23-10-4-1-5-11-23/h1-15,26H,16-22H2,(H,32,39)(H,40,41)(H3,33,34,35,36,37,38)/t26-/m0/s1. The molecule has 224 valence electrons. The quantitative estimate of drug-likeness (QED) is 0.109. The molecule has 5 N–H and O–H groups in total. The maximum absolute atomic E-state index is 12.0. The summed E-state index contributed by atoms with van der Waals surface area (Å²) in [7, 11) is 0. The van der Waals surface area contributed by atoms with Gasteiger partial charge in [0.1, 0.15) is 6.04 Å². The lowest BCUT2D eigenvalue weighted by Gasteiger charge is -2.16. The summed E-state index contributed by atoms with van der Waals surface area (Å²) in [6.45, 7) is 2.28. The zero-order chi connectivity index (χ0) is 30.1. The summed E-state index contributed by atoms with van der Waals surface area (Å²) in [6, 6.07) is 26.8. The number of aliphatic carboxylic acids is 1. The molecule has 1 atom stereocenters. The van der Waals surface area contributed by atoms with Gasteiger partial charge in [0.2, 0.25) is 17.8 Å². The largest absolute Gasteiger partial charge is 0.480 e. The molecule has 12 nitrogen and oxygen atoms in total. The van der Waals surface area contributed by atoms with Crippen molar-refractivity contribution in [1.82, 2.24) is 20.3 Å². The molecule has 43 heavy (non-hydrogen) atoms. The smallest absolute Gasteiger partial charge is 0.326 e. The molecule has 0 saturated carbocycles. The Bertz CT molecular complexity index is 1410. The molecule has 4 rings (SSSR count). The number of para-hydroxylation sites is 1. The van der Waals surface area contributed by atoms with E-state index in [2.05, 4.69) is 36.2 Å². The third-order valence-electron chi connectivity index (χ3n) is 6.02. The van der Waals surface area contributed by atoms with Crippen molar-refractivity contribution >= 4 is 35.4 Å². The molecule has 12 heteroatoms. The van der Waals surface area contributed by atoms with Gasteiger partial charge in [-0.05, 0) is 29.8 Å². The van der Waals surface area contributed by atoms with Crippen molar-refractivity contribution in [1.29, 1.82) is 0 Å². The minimum absolute atomic E-state index is 0.118. The third kappa shape index (κ3) is 11.0. The van der Waals surface area contributed by atoms with Gasteiger partial charge in [-0.3, -0.25) is 4.79 Å². The number of anilines is 4. The van der Waals surface area contributed by atoms with Gasteiger partial charge in [-0.15, -0.1) is 0 Å². The number of hydrogen-bond acceptors (Lipinski definition) is 10. The Morgan fingerprint density at radius 2 is 1.28 bits per heavy atom. The van der Waals surface area contributed by atoms with E-state index in [-0.39, 0.29) is 30.2 Å². The zero-order valence-electron chi connectivity index (χ0n) is 23.6. The van der Waals surface area contributed by atoms with Gasteiger partial charge < -0.3 is 35.8 Å². The van der Waals surface area contributed by atoms with E-state index < -0.39 is 12.0 Å². The molecule has 1 amide bonds. The van der Waals surface area contributed by atoms with Crippen LogP contribution in [0.4, 0.5) is 23.5 Å². The Hall–Kier alpha value is -5.07. The first kappa shape index (κ1) is 30.9. The SMILES string of the molecule is O=C(NCCOCCOCCNc1nc(Nc2ccccc2)nc(N[C@@H](Cc2ccccc2)C(=O)O)n1)c1ccccc1. The first-order valence-corrected chi connectivity index (χ1v) is 13.9. The number of carboxylic acid groups (broad SMARTS) is 1. The molecule has 0 saturated heterocycles. The number of carbonyl (C=O) groups is 2. The van der Waals surface area contributed by atoms with Crippen LogP contribution in [-0.2, 0) is 20.7 Å². The van der Waals surface area contributed by atoms with Crippen molar-refractivity contribution < 1.29 is 24.2 Å². The van der Waals surface area contributed by atoms with E-state index in [1.165, 1.54) is 0 Å². The van der Waals surface area contributed by atoms with Gasteiger partial charge in [0, 0.05) is 30.8 Å². The summed E-state index contributed by atoms with van der Waals surface area (Å²) in [4.78, 5) is 37.2. The molecule has 4 aromatic rings. The van der Waals surface area contributed by atoms with Gasteiger partial charge >= 0.3 is 5.97 Å². The monoisotopic (exact) mass is 585 g/mol. The average Bonchev–Trinajstić information content (AvgIpc) is 3.03. The van der Waals surface area contributed by atoms with Gasteiger partial charge in [0.15, 0.2) is 0 Å². The molecule has 3 aromatic carbocycles. The van der Waals surface area contributed by atoms with E-state index in [0.29, 0.717) is 45.1 Å². The van der Waals surface area contributed by atoms with E-state index in [1.807, 2.05) is 78.9 Å². The number of ether oxygens (including phenoxy) is 2. The van der Waals surface area contributed by atoms with Crippen molar-refractivity contribution in [3.05, 3.63) is 102 Å². The first-order chi connectivity index (χ1) is 21.1. The second-order valence-electron chi connectivity index (χ2n) is 9.30. The molecular weight excluding hydrogens is 550 g/mol. The number of benzene rings is 3. The van der Waals surface area contributed by atoms with Crippen LogP contribution in [0.15, 0.2) is 91.0 Å². The molecule has 1 aromatic heterocycles. The third-order valence-corrected chi connectivity index (χ3v) is 6.02. The van der Waals surface area contributed by atoms with Crippen molar-refractivity contribution in [2.24, 2.45) is 0 Å². The normalized spacial score (nSPS) is 11.3.